The zero-order chi connectivity index (χ0) is 18.0. The number of aliphatic hydroxyl groups excluding tert-OH is 1. The molecule has 3 rings (SSSR count). The van der Waals surface area contributed by atoms with Gasteiger partial charge in [-0.25, -0.2) is 0 Å². The maximum atomic E-state index is 10.4. The van der Waals surface area contributed by atoms with Crippen LogP contribution in [-0.2, 0) is 5.41 Å². The molecule has 0 amide bonds. The maximum Gasteiger partial charge on any atom is 0.178 e. The van der Waals surface area contributed by atoms with E-state index in [2.05, 4.69) is 41.4 Å². The van der Waals surface area contributed by atoms with Gasteiger partial charge >= 0.3 is 0 Å². The van der Waals surface area contributed by atoms with Crippen LogP contribution < -0.4 is 5.32 Å². The Morgan fingerprint density at radius 2 is 1.80 bits per heavy atom. The second kappa shape index (κ2) is 6.80. The Hall–Kier alpha value is -2.47. The van der Waals surface area contributed by atoms with Gasteiger partial charge in [0.05, 0.1) is 6.10 Å². The van der Waals surface area contributed by atoms with Gasteiger partial charge in [-0.15, -0.1) is 15.3 Å². The van der Waals surface area contributed by atoms with Gasteiger partial charge in [0.2, 0.25) is 0 Å². The zero-order valence-electron chi connectivity index (χ0n) is 15.1. The summed E-state index contributed by atoms with van der Waals surface area (Å²) in [5, 5.41) is 26.8. The van der Waals surface area contributed by atoms with Gasteiger partial charge in [-0.05, 0) is 31.0 Å². The Labute approximate surface area is 147 Å². The van der Waals surface area contributed by atoms with Gasteiger partial charge in [0.1, 0.15) is 5.82 Å². The first-order valence-corrected chi connectivity index (χ1v) is 8.57. The number of nitrogens with one attached hydrogen (secondary N) is 1. The molecule has 0 fully saturated rings. The third kappa shape index (κ3) is 3.96. The number of hydrogen-bond acceptors (Lipinski definition) is 5. The Balaban J connectivity index is 1.74. The third-order valence-electron chi connectivity index (χ3n) is 4.09. The minimum atomic E-state index is -0.507. The first-order valence-electron chi connectivity index (χ1n) is 8.57. The first kappa shape index (κ1) is 17.4. The maximum absolute atomic E-state index is 10.4. The van der Waals surface area contributed by atoms with Crippen LogP contribution in [0.2, 0.25) is 0 Å². The predicted octanol–water partition coefficient (Wildman–Crippen LogP) is 3.35. The Bertz CT molecular complexity index is 838. The lowest BCUT2D eigenvalue weighted by atomic mass is 9.96. The lowest BCUT2D eigenvalue weighted by Gasteiger charge is -2.19. The summed E-state index contributed by atoms with van der Waals surface area (Å²) in [6.45, 7) is 8.30. The smallest absolute Gasteiger partial charge is 0.178 e. The summed E-state index contributed by atoms with van der Waals surface area (Å²) < 4.78 is 1.78. The molecule has 0 saturated heterocycles. The second-order valence-electron chi connectivity index (χ2n) is 7.47. The number of aromatic nitrogens is 4. The van der Waals surface area contributed by atoms with Crippen LogP contribution in [0.1, 0.15) is 51.6 Å². The largest absolute Gasteiger partial charge is 0.388 e. The highest BCUT2D eigenvalue weighted by Crippen LogP contribution is 2.22. The fraction of sp³-hybridized carbons (Fsp3) is 0.421. The molecule has 3 aromatic rings. The van der Waals surface area contributed by atoms with E-state index in [0.717, 1.165) is 22.9 Å². The van der Waals surface area contributed by atoms with Gasteiger partial charge in [0, 0.05) is 11.5 Å². The molecule has 6 heteroatoms. The molecule has 2 heterocycles. The number of hydrogen-bond donors (Lipinski definition) is 2. The normalized spacial score (nSPS) is 14.4. The van der Waals surface area contributed by atoms with Gasteiger partial charge in [-0.1, -0.05) is 51.1 Å². The highest BCUT2D eigenvalue weighted by Gasteiger charge is 2.22. The van der Waals surface area contributed by atoms with Gasteiger partial charge in [-0.2, -0.15) is 4.52 Å². The van der Waals surface area contributed by atoms with Gasteiger partial charge in [0.15, 0.2) is 11.5 Å². The molecule has 0 aliphatic rings. The molecule has 2 aromatic heterocycles. The van der Waals surface area contributed by atoms with E-state index in [-0.39, 0.29) is 11.5 Å². The van der Waals surface area contributed by atoms with Crippen molar-refractivity contribution in [1.29, 1.82) is 0 Å². The third-order valence-corrected chi connectivity index (χ3v) is 4.09. The van der Waals surface area contributed by atoms with Crippen molar-refractivity contribution < 1.29 is 5.11 Å². The number of anilines is 1. The lowest BCUT2D eigenvalue weighted by Crippen LogP contribution is -2.21. The number of fused-ring (bicyclic) bond motifs is 1. The van der Waals surface area contributed by atoms with E-state index in [1.165, 1.54) is 0 Å². The Morgan fingerprint density at radius 3 is 2.48 bits per heavy atom. The van der Waals surface area contributed by atoms with E-state index in [9.17, 15) is 5.11 Å². The quantitative estimate of drug-likeness (QED) is 0.745. The van der Waals surface area contributed by atoms with Crippen molar-refractivity contribution in [1.82, 2.24) is 19.8 Å². The summed E-state index contributed by atoms with van der Waals surface area (Å²) >= 11 is 0. The molecule has 0 spiro atoms. The van der Waals surface area contributed by atoms with Gasteiger partial charge < -0.3 is 10.4 Å². The zero-order valence-corrected chi connectivity index (χ0v) is 15.1. The van der Waals surface area contributed by atoms with Crippen molar-refractivity contribution in [3.8, 4) is 0 Å². The van der Waals surface area contributed by atoms with Crippen LogP contribution in [0, 0.1) is 0 Å². The monoisotopic (exact) mass is 339 g/mol. The van der Waals surface area contributed by atoms with Crippen LogP contribution >= 0.6 is 0 Å². The minimum Gasteiger partial charge on any atom is -0.388 e. The van der Waals surface area contributed by atoms with E-state index in [1.54, 1.807) is 4.52 Å². The predicted molar refractivity (Wildman–Crippen MR) is 98.6 cm³/mol. The van der Waals surface area contributed by atoms with Crippen LogP contribution in [0.25, 0.3) is 5.65 Å². The summed E-state index contributed by atoms with van der Waals surface area (Å²) in [5.41, 5.74) is 1.51. The van der Waals surface area contributed by atoms with Gasteiger partial charge in [-0.3, -0.25) is 0 Å². The Kier molecular flexibility index (Phi) is 4.72. The fourth-order valence-corrected chi connectivity index (χ4v) is 2.79. The molecule has 25 heavy (non-hydrogen) atoms. The van der Waals surface area contributed by atoms with Crippen LogP contribution in [0.3, 0.4) is 0 Å². The Morgan fingerprint density at radius 1 is 1.08 bits per heavy atom. The topological polar surface area (TPSA) is 75.3 Å². The standard InChI is InChI=1S/C19H25N5O/c1-13(12-15(25)14-8-6-5-7-9-14)20-16-10-11-17-21-22-18(19(2,3)4)24(17)23-16/h5-11,13,15,25H,12H2,1-4H3,(H,20,23). The summed E-state index contributed by atoms with van der Waals surface area (Å²) in [7, 11) is 0. The molecule has 132 valence electrons. The van der Waals surface area contributed by atoms with Crippen molar-refractivity contribution in [2.75, 3.05) is 5.32 Å². The molecule has 0 aliphatic carbocycles. The van der Waals surface area contributed by atoms with Crippen molar-refractivity contribution in [2.24, 2.45) is 0 Å². The highest BCUT2D eigenvalue weighted by atomic mass is 16.3. The lowest BCUT2D eigenvalue weighted by molar-refractivity contribution is 0.162. The van der Waals surface area contributed by atoms with Crippen molar-refractivity contribution in [2.45, 2.75) is 51.7 Å². The number of nitrogens with zero attached hydrogens (tertiary/aromatic N) is 4. The molecule has 0 radical (unpaired) electrons. The summed E-state index contributed by atoms with van der Waals surface area (Å²) in [5.74, 6) is 1.56. The van der Waals surface area contributed by atoms with Crippen LogP contribution in [-0.4, -0.2) is 31.0 Å². The van der Waals surface area contributed by atoms with E-state index >= 15 is 0 Å². The molecule has 2 atom stereocenters. The first-order chi connectivity index (χ1) is 11.8. The van der Waals surface area contributed by atoms with Gasteiger partial charge in [0.25, 0.3) is 0 Å². The van der Waals surface area contributed by atoms with Crippen LogP contribution in [0.4, 0.5) is 5.82 Å². The molecule has 2 N–H and O–H groups in total. The van der Waals surface area contributed by atoms with Crippen LogP contribution in [0.15, 0.2) is 42.5 Å². The summed E-state index contributed by atoms with van der Waals surface area (Å²) in [4.78, 5) is 0. The summed E-state index contributed by atoms with van der Waals surface area (Å²) in [6, 6.07) is 13.6. The van der Waals surface area contributed by atoms with E-state index in [1.807, 2.05) is 49.4 Å². The second-order valence-corrected chi connectivity index (χ2v) is 7.47. The average molecular weight is 339 g/mol. The molecule has 0 bridgehead atoms. The average Bonchev–Trinajstić information content (AvgIpc) is 2.99. The fourth-order valence-electron chi connectivity index (χ4n) is 2.79. The molecular formula is C19H25N5O. The van der Waals surface area contributed by atoms with Crippen LogP contribution in [0.5, 0.6) is 0 Å². The van der Waals surface area contributed by atoms with Crippen molar-refractivity contribution in [3.63, 3.8) is 0 Å². The molecule has 1 aromatic carbocycles. The highest BCUT2D eigenvalue weighted by molar-refractivity contribution is 5.45. The molecule has 0 saturated carbocycles. The molecule has 2 unspecified atom stereocenters. The van der Waals surface area contributed by atoms with E-state index < -0.39 is 6.10 Å². The number of benzene rings is 1. The molecule has 6 nitrogen and oxygen atoms in total. The minimum absolute atomic E-state index is 0.0646. The van der Waals surface area contributed by atoms with Crippen molar-refractivity contribution in [3.05, 3.63) is 53.9 Å². The van der Waals surface area contributed by atoms with Crippen molar-refractivity contribution >= 4 is 11.5 Å². The van der Waals surface area contributed by atoms with E-state index in [0.29, 0.717) is 6.42 Å². The van der Waals surface area contributed by atoms with E-state index in [4.69, 9.17) is 0 Å². The molecular weight excluding hydrogens is 314 g/mol. The molecule has 0 aliphatic heterocycles. The SMILES string of the molecule is CC(CC(O)c1ccccc1)Nc1ccc2nnc(C(C)(C)C)n2n1. The number of rotatable bonds is 5. The number of aliphatic hydroxyl groups is 1. The summed E-state index contributed by atoms with van der Waals surface area (Å²) in [6.07, 6.45) is 0.0883.